The van der Waals surface area contributed by atoms with Crippen LogP contribution in [0, 0.1) is 0 Å². The van der Waals surface area contributed by atoms with Gasteiger partial charge in [0, 0.05) is 18.2 Å². The maximum absolute atomic E-state index is 12.5. The summed E-state index contributed by atoms with van der Waals surface area (Å²) < 4.78 is 49.6. The third kappa shape index (κ3) is 6.85. The van der Waals surface area contributed by atoms with Gasteiger partial charge in [-0.15, -0.1) is 18.3 Å². The molecule has 0 aliphatic carbocycles. The van der Waals surface area contributed by atoms with Gasteiger partial charge < -0.3 is 19.6 Å². The van der Waals surface area contributed by atoms with E-state index in [1.165, 1.54) is 18.2 Å². The van der Waals surface area contributed by atoms with Gasteiger partial charge >= 0.3 is 18.5 Å². The Morgan fingerprint density at radius 2 is 1.97 bits per heavy atom. The summed E-state index contributed by atoms with van der Waals surface area (Å²) in [7, 11) is 0. The van der Waals surface area contributed by atoms with Gasteiger partial charge in [-0.3, -0.25) is 14.4 Å². The van der Waals surface area contributed by atoms with E-state index in [0.29, 0.717) is 11.4 Å². The molecule has 0 unspecified atom stereocenters. The van der Waals surface area contributed by atoms with Crippen molar-refractivity contribution in [2.75, 3.05) is 19.8 Å². The van der Waals surface area contributed by atoms with Crippen LogP contribution >= 0.6 is 23.2 Å². The van der Waals surface area contributed by atoms with E-state index >= 15 is 0 Å². The topological polar surface area (TPSA) is 127 Å². The average Bonchev–Trinajstić information content (AvgIpc) is 3.21. The molecule has 0 bridgehead atoms. The fourth-order valence-corrected chi connectivity index (χ4v) is 3.46. The standard InChI is InChI=1S/C18H17Cl2F3N4O6/c19-11-3-1-9(7-12(11)20)14(28)24-10-2-4-13(27(8-10)17(29)30)15-25-26-16(33-15)31-5-6-32-18(21,22)23/h1,3,7,10,13H,2,4-6,8H2,(H,24,28)(H,29,30)/t10-,13+/m0/s1. The minimum Gasteiger partial charge on any atom is -0.465 e. The molecule has 0 saturated carbocycles. The Morgan fingerprint density at radius 1 is 1.21 bits per heavy atom. The lowest BCUT2D eigenvalue weighted by Gasteiger charge is -2.36. The van der Waals surface area contributed by atoms with Crippen molar-refractivity contribution in [1.82, 2.24) is 20.4 Å². The first-order valence-corrected chi connectivity index (χ1v) is 10.2. The van der Waals surface area contributed by atoms with Crippen LogP contribution in [0.25, 0.3) is 0 Å². The lowest BCUT2D eigenvalue weighted by Crippen LogP contribution is -2.50. The van der Waals surface area contributed by atoms with Crippen LogP contribution in [-0.4, -0.2) is 64.4 Å². The number of aromatic nitrogens is 2. The predicted molar refractivity (Wildman–Crippen MR) is 106 cm³/mol. The number of hydrogen-bond donors (Lipinski definition) is 2. The summed E-state index contributed by atoms with van der Waals surface area (Å²) in [5.41, 5.74) is 0.265. The Hall–Kier alpha value is -2.77. The number of carbonyl (C=O) groups excluding carboxylic acids is 1. The molecule has 0 radical (unpaired) electrons. The van der Waals surface area contributed by atoms with E-state index < -0.39 is 49.7 Å². The van der Waals surface area contributed by atoms with Crippen LogP contribution in [0.4, 0.5) is 18.0 Å². The number of rotatable bonds is 7. The van der Waals surface area contributed by atoms with E-state index in [1.807, 2.05) is 0 Å². The molecule has 1 saturated heterocycles. The Kier molecular flexibility index (Phi) is 7.87. The Morgan fingerprint density at radius 3 is 2.64 bits per heavy atom. The van der Waals surface area contributed by atoms with Gasteiger partial charge in [0.1, 0.15) is 12.6 Å². The molecule has 15 heteroatoms. The van der Waals surface area contributed by atoms with Crippen molar-refractivity contribution in [1.29, 1.82) is 0 Å². The second kappa shape index (κ2) is 10.4. The summed E-state index contributed by atoms with van der Waals surface area (Å²) in [4.78, 5) is 25.3. The molecule has 1 aromatic carbocycles. The quantitative estimate of drug-likeness (QED) is 0.534. The highest BCUT2D eigenvalue weighted by Gasteiger charge is 2.37. The van der Waals surface area contributed by atoms with Crippen molar-refractivity contribution in [3.8, 4) is 6.08 Å². The fraction of sp³-hybridized carbons (Fsp3) is 0.444. The molecule has 2 N–H and O–H groups in total. The monoisotopic (exact) mass is 512 g/mol. The number of amides is 2. The molecular weight excluding hydrogens is 496 g/mol. The van der Waals surface area contributed by atoms with Crippen LogP contribution in [0.1, 0.15) is 35.1 Å². The van der Waals surface area contributed by atoms with Crippen molar-refractivity contribution in [3.05, 3.63) is 39.7 Å². The number of carbonyl (C=O) groups is 2. The number of halogens is 5. The normalized spacial score (nSPS) is 18.8. The van der Waals surface area contributed by atoms with E-state index in [-0.39, 0.29) is 29.4 Å². The lowest BCUT2D eigenvalue weighted by atomic mass is 9.98. The summed E-state index contributed by atoms with van der Waals surface area (Å²) in [6, 6.07) is 3.04. The third-order valence-electron chi connectivity index (χ3n) is 4.63. The fourth-order valence-electron chi connectivity index (χ4n) is 3.16. The highest BCUT2D eigenvalue weighted by molar-refractivity contribution is 6.42. The summed E-state index contributed by atoms with van der Waals surface area (Å²) in [6.45, 7) is -1.35. The zero-order chi connectivity index (χ0) is 24.2. The van der Waals surface area contributed by atoms with Crippen LogP contribution in [0.5, 0.6) is 6.08 Å². The molecule has 1 aliphatic heterocycles. The highest BCUT2D eigenvalue weighted by atomic mass is 35.5. The number of likely N-dealkylation sites (tertiary alicyclic amines) is 1. The molecule has 2 amide bonds. The minimum atomic E-state index is -4.79. The number of nitrogens with zero attached hydrogens (tertiary/aromatic N) is 3. The molecule has 1 aliphatic rings. The Balaban J connectivity index is 1.59. The molecule has 1 aromatic heterocycles. The van der Waals surface area contributed by atoms with Crippen LogP contribution in [0.2, 0.25) is 10.0 Å². The number of benzene rings is 1. The van der Waals surface area contributed by atoms with Gasteiger partial charge in [-0.05, 0) is 31.0 Å². The zero-order valence-electron chi connectivity index (χ0n) is 16.6. The largest absolute Gasteiger partial charge is 0.522 e. The molecule has 2 aromatic rings. The smallest absolute Gasteiger partial charge is 0.465 e. The summed E-state index contributed by atoms with van der Waals surface area (Å²) in [6.07, 6.45) is -5.88. The molecule has 2 heterocycles. The van der Waals surface area contributed by atoms with Crippen molar-refractivity contribution in [3.63, 3.8) is 0 Å². The van der Waals surface area contributed by atoms with Gasteiger partial charge in [0.25, 0.3) is 5.91 Å². The molecule has 10 nitrogen and oxygen atoms in total. The van der Waals surface area contributed by atoms with E-state index in [9.17, 15) is 27.9 Å². The van der Waals surface area contributed by atoms with Crippen LogP contribution in [-0.2, 0) is 4.74 Å². The second-order valence-corrected chi connectivity index (χ2v) is 7.69. The number of alkyl halides is 3. The summed E-state index contributed by atoms with van der Waals surface area (Å²) >= 11 is 11.8. The van der Waals surface area contributed by atoms with Gasteiger partial charge in [0.15, 0.2) is 0 Å². The number of carboxylic acid groups (broad SMARTS) is 1. The zero-order valence-corrected chi connectivity index (χ0v) is 18.2. The first-order valence-electron chi connectivity index (χ1n) is 9.46. The number of nitrogens with one attached hydrogen (secondary N) is 1. The van der Waals surface area contributed by atoms with Gasteiger partial charge in [-0.2, -0.15) is 0 Å². The van der Waals surface area contributed by atoms with Crippen molar-refractivity contribution in [2.45, 2.75) is 31.3 Å². The van der Waals surface area contributed by atoms with E-state index in [1.54, 1.807) is 0 Å². The molecule has 180 valence electrons. The third-order valence-corrected chi connectivity index (χ3v) is 5.37. The van der Waals surface area contributed by atoms with Crippen molar-refractivity contribution in [2.24, 2.45) is 0 Å². The van der Waals surface area contributed by atoms with Gasteiger partial charge in [-0.25, -0.2) is 4.79 Å². The van der Waals surface area contributed by atoms with Crippen molar-refractivity contribution >= 4 is 35.2 Å². The molecule has 1 fully saturated rings. The van der Waals surface area contributed by atoms with Gasteiger partial charge in [-0.1, -0.05) is 28.3 Å². The molecule has 33 heavy (non-hydrogen) atoms. The van der Waals surface area contributed by atoms with Crippen LogP contribution < -0.4 is 10.1 Å². The first kappa shape index (κ1) is 24.9. The molecular formula is C18H17Cl2F3N4O6. The van der Waals surface area contributed by atoms with E-state index in [4.69, 9.17) is 32.4 Å². The molecule has 0 spiro atoms. The molecule has 2 atom stereocenters. The SMILES string of the molecule is O=C(N[C@H]1CC[C@H](c2nnc(OCCOC(F)(F)F)o2)N(C(=O)O)C1)c1ccc(Cl)c(Cl)c1. The number of ether oxygens (including phenoxy) is 2. The number of hydrogen-bond acceptors (Lipinski definition) is 7. The van der Waals surface area contributed by atoms with Gasteiger partial charge in [0.2, 0.25) is 5.89 Å². The summed E-state index contributed by atoms with van der Waals surface area (Å²) in [5.74, 6) is -0.532. The lowest BCUT2D eigenvalue weighted by molar-refractivity contribution is -0.325. The minimum absolute atomic E-state index is 0.0644. The average molecular weight is 513 g/mol. The maximum atomic E-state index is 12.5. The Labute approximate surface area is 194 Å². The van der Waals surface area contributed by atoms with Crippen LogP contribution in [0.3, 0.4) is 0 Å². The summed E-state index contributed by atoms with van der Waals surface area (Å²) in [5, 5.41) is 20.1. The maximum Gasteiger partial charge on any atom is 0.522 e. The first-order chi connectivity index (χ1) is 15.5. The highest BCUT2D eigenvalue weighted by Crippen LogP contribution is 2.32. The second-order valence-electron chi connectivity index (χ2n) is 6.88. The van der Waals surface area contributed by atoms with Crippen LogP contribution in [0.15, 0.2) is 22.6 Å². The van der Waals surface area contributed by atoms with E-state index in [2.05, 4.69) is 20.3 Å². The predicted octanol–water partition coefficient (Wildman–Crippen LogP) is 3.91. The van der Waals surface area contributed by atoms with Crippen molar-refractivity contribution < 1.29 is 41.8 Å². The molecule has 3 rings (SSSR count). The Bertz CT molecular complexity index is 1010. The number of piperidine rings is 1. The van der Waals surface area contributed by atoms with E-state index in [0.717, 1.165) is 4.90 Å². The van der Waals surface area contributed by atoms with Gasteiger partial charge in [0.05, 0.1) is 16.7 Å².